The Morgan fingerprint density at radius 2 is 1.89 bits per heavy atom. The van der Waals surface area contributed by atoms with E-state index in [0.717, 1.165) is 36.6 Å². The predicted octanol–water partition coefficient (Wildman–Crippen LogP) is 4.30. The molecule has 0 saturated carbocycles. The van der Waals surface area contributed by atoms with Crippen LogP contribution in [-0.4, -0.2) is 47.0 Å². The summed E-state index contributed by atoms with van der Waals surface area (Å²) in [6, 6.07) is 15.2. The van der Waals surface area contributed by atoms with Gasteiger partial charge < -0.3 is 15.5 Å². The Hall–Kier alpha value is -2.70. The van der Waals surface area contributed by atoms with Gasteiger partial charge in [-0.2, -0.15) is 4.98 Å². The van der Waals surface area contributed by atoms with Crippen molar-refractivity contribution >= 4 is 29.1 Å². The summed E-state index contributed by atoms with van der Waals surface area (Å²) >= 11 is 6.08. The van der Waals surface area contributed by atoms with E-state index < -0.39 is 0 Å². The molecule has 2 heterocycles. The minimum absolute atomic E-state index is 0.571. The Morgan fingerprint density at radius 3 is 2.63 bits per heavy atom. The molecule has 0 saturated heterocycles. The van der Waals surface area contributed by atoms with E-state index in [1.54, 1.807) is 6.20 Å². The summed E-state index contributed by atoms with van der Waals surface area (Å²) in [6.07, 6.45) is 2.76. The van der Waals surface area contributed by atoms with Gasteiger partial charge in [0.1, 0.15) is 5.82 Å². The van der Waals surface area contributed by atoms with Crippen LogP contribution in [0.4, 0.5) is 17.5 Å². The molecular formula is C20H23ClN6. The van der Waals surface area contributed by atoms with Gasteiger partial charge in [0.2, 0.25) is 5.95 Å². The molecule has 7 heteroatoms. The molecule has 0 radical (unpaired) electrons. The summed E-state index contributed by atoms with van der Waals surface area (Å²) < 4.78 is 0. The number of benzene rings is 1. The van der Waals surface area contributed by atoms with Crippen LogP contribution in [0.2, 0.25) is 5.02 Å². The van der Waals surface area contributed by atoms with Crippen LogP contribution in [0.3, 0.4) is 0 Å². The van der Waals surface area contributed by atoms with Crippen molar-refractivity contribution < 1.29 is 0 Å². The Morgan fingerprint density at radius 1 is 1.00 bits per heavy atom. The normalized spacial score (nSPS) is 10.8. The van der Waals surface area contributed by atoms with Gasteiger partial charge in [-0.1, -0.05) is 23.7 Å². The van der Waals surface area contributed by atoms with E-state index in [1.165, 1.54) is 0 Å². The lowest BCUT2D eigenvalue weighted by molar-refractivity contribution is 0.405. The number of nitrogens with one attached hydrogen (secondary N) is 2. The first-order valence-electron chi connectivity index (χ1n) is 8.82. The number of anilines is 3. The molecule has 0 aliphatic heterocycles. The summed E-state index contributed by atoms with van der Waals surface area (Å²) in [6.45, 7) is 1.79. The van der Waals surface area contributed by atoms with Gasteiger partial charge in [-0.15, -0.1) is 0 Å². The lowest BCUT2D eigenvalue weighted by Gasteiger charge is -2.12. The van der Waals surface area contributed by atoms with Crippen LogP contribution in [0.25, 0.3) is 11.4 Å². The highest BCUT2D eigenvalue weighted by Gasteiger charge is 2.08. The maximum absolute atomic E-state index is 6.08. The molecule has 0 spiro atoms. The summed E-state index contributed by atoms with van der Waals surface area (Å²) in [7, 11) is 4.12. The molecule has 2 N–H and O–H groups in total. The molecule has 3 aromatic rings. The third-order valence-electron chi connectivity index (χ3n) is 3.82. The van der Waals surface area contributed by atoms with Gasteiger partial charge in [0.05, 0.1) is 11.4 Å². The minimum Gasteiger partial charge on any atom is -0.354 e. The molecule has 0 unspecified atom stereocenters. The molecule has 3 rings (SSSR count). The first-order valence-corrected chi connectivity index (χ1v) is 9.19. The van der Waals surface area contributed by atoms with Crippen molar-refractivity contribution in [3.63, 3.8) is 0 Å². The van der Waals surface area contributed by atoms with Crippen LogP contribution in [0, 0.1) is 0 Å². The van der Waals surface area contributed by atoms with Crippen molar-refractivity contribution in [2.24, 2.45) is 0 Å². The molecular weight excluding hydrogens is 360 g/mol. The van der Waals surface area contributed by atoms with E-state index in [9.17, 15) is 0 Å². The minimum atomic E-state index is 0.571. The molecule has 2 aromatic heterocycles. The highest BCUT2D eigenvalue weighted by molar-refractivity contribution is 6.30. The van der Waals surface area contributed by atoms with Gasteiger partial charge in [0.15, 0.2) is 0 Å². The van der Waals surface area contributed by atoms with Gasteiger partial charge in [-0.05, 0) is 57.4 Å². The quantitative estimate of drug-likeness (QED) is 0.566. The first-order chi connectivity index (χ1) is 13.1. The molecule has 140 valence electrons. The fourth-order valence-corrected chi connectivity index (χ4v) is 2.74. The van der Waals surface area contributed by atoms with Crippen molar-refractivity contribution in [1.82, 2.24) is 19.9 Å². The highest BCUT2D eigenvalue weighted by atomic mass is 35.5. The molecule has 0 bridgehead atoms. The Labute approximate surface area is 164 Å². The SMILES string of the molecule is CN(C)CCCNc1nc(Nc2cccc(Cl)c2)cc(-c2ccccn2)n1. The van der Waals surface area contributed by atoms with E-state index in [-0.39, 0.29) is 0 Å². The third kappa shape index (κ3) is 5.91. The van der Waals surface area contributed by atoms with Crippen molar-refractivity contribution in [3.05, 3.63) is 59.8 Å². The van der Waals surface area contributed by atoms with Crippen molar-refractivity contribution in [2.75, 3.05) is 37.8 Å². The van der Waals surface area contributed by atoms with Crippen LogP contribution in [0.1, 0.15) is 6.42 Å². The fraction of sp³-hybridized carbons (Fsp3) is 0.250. The molecule has 0 amide bonds. The van der Waals surface area contributed by atoms with Crippen molar-refractivity contribution in [3.8, 4) is 11.4 Å². The number of nitrogens with zero attached hydrogens (tertiary/aromatic N) is 4. The number of hydrogen-bond donors (Lipinski definition) is 2. The number of rotatable bonds is 8. The Kier molecular flexibility index (Phi) is 6.57. The molecule has 27 heavy (non-hydrogen) atoms. The topological polar surface area (TPSA) is 66.0 Å². The lowest BCUT2D eigenvalue weighted by Crippen LogP contribution is -2.17. The first kappa shape index (κ1) is 19.1. The average Bonchev–Trinajstić information content (AvgIpc) is 2.66. The second-order valence-corrected chi connectivity index (χ2v) is 6.83. The maximum atomic E-state index is 6.08. The molecule has 0 atom stereocenters. The largest absolute Gasteiger partial charge is 0.354 e. The Balaban J connectivity index is 1.83. The van der Waals surface area contributed by atoms with Gasteiger partial charge >= 0.3 is 0 Å². The van der Waals surface area contributed by atoms with Crippen LogP contribution < -0.4 is 10.6 Å². The number of pyridine rings is 1. The zero-order valence-electron chi connectivity index (χ0n) is 15.5. The number of aromatic nitrogens is 3. The number of hydrogen-bond acceptors (Lipinski definition) is 6. The molecule has 0 aliphatic rings. The zero-order chi connectivity index (χ0) is 19.1. The van der Waals surface area contributed by atoms with Crippen LogP contribution in [0.15, 0.2) is 54.7 Å². The maximum Gasteiger partial charge on any atom is 0.225 e. The van der Waals surface area contributed by atoms with Crippen LogP contribution in [-0.2, 0) is 0 Å². The second-order valence-electron chi connectivity index (χ2n) is 6.40. The van der Waals surface area contributed by atoms with Gasteiger partial charge in [0, 0.05) is 29.5 Å². The molecule has 6 nitrogen and oxygen atoms in total. The lowest BCUT2D eigenvalue weighted by atomic mass is 10.2. The number of halogens is 1. The van der Waals surface area contributed by atoms with Gasteiger partial charge in [0.25, 0.3) is 0 Å². The fourth-order valence-electron chi connectivity index (χ4n) is 2.55. The predicted molar refractivity (Wildman–Crippen MR) is 112 cm³/mol. The Bertz CT molecular complexity index is 869. The average molecular weight is 383 g/mol. The standard InChI is InChI=1S/C20H23ClN6/c1-27(2)12-6-11-23-20-25-18(17-9-3-4-10-22-17)14-19(26-20)24-16-8-5-7-15(21)13-16/h3-5,7-10,13-14H,6,11-12H2,1-2H3,(H2,23,24,25,26). The van der Waals surface area contributed by atoms with Crippen molar-refractivity contribution in [1.29, 1.82) is 0 Å². The van der Waals surface area contributed by atoms with E-state index >= 15 is 0 Å². The highest BCUT2D eigenvalue weighted by Crippen LogP contribution is 2.23. The van der Waals surface area contributed by atoms with Crippen LogP contribution in [0.5, 0.6) is 0 Å². The van der Waals surface area contributed by atoms with Crippen molar-refractivity contribution in [2.45, 2.75) is 6.42 Å². The van der Waals surface area contributed by atoms with Gasteiger partial charge in [-0.25, -0.2) is 4.98 Å². The zero-order valence-corrected chi connectivity index (χ0v) is 16.2. The summed E-state index contributed by atoms with van der Waals surface area (Å²) in [5, 5.41) is 7.27. The van der Waals surface area contributed by atoms with Gasteiger partial charge in [-0.3, -0.25) is 4.98 Å². The van der Waals surface area contributed by atoms with E-state index in [0.29, 0.717) is 16.8 Å². The third-order valence-corrected chi connectivity index (χ3v) is 4.05. The van der Waals surface area contributed by atoms with E-state index in [1.807, 2.05) is 48.5 Å². The second kappa shape index (κ2) is 9.30. The molecule has 1 aromatic carbocycles. The van der Waals surface area contributed by atoms with E-state index in [4.69, 9.17) is 11.6 Å². The summed E-state index contributed by atoms with van der Waals surface area (Å²) in [5.74, 6) is 1.25. The molecule has 0 fully saturated rings. The smallest absolute Gasteiger partial charge is 0.225 e. The van der Waals surface area contributed by atoms with E-state index in [2.05, 4.69) is 44.6 Å². The monoisotopic (exact) mass is 382 g/mol. The molecule has 0 aliphatic carbocycles. The van der Waals surface area contributed by atoms with Crippen LogP contribution >= 0.6 is 11.6 Å². The summed E-state index contributed by atoms with van der Waals surface area (Å²) in [4.78, 5) is 15.7. The summed E-state index contributed by atoms with van der Waals surface area (Å²) in [5.41, 5.74) is 2.42.